The van der Waals surface area contributed by atoms with Crippen molar-refractivity contribution in [3.05, 3.63) is 54.1 Å². The molecule has 9 heteroatoms. The van der Waals surface area contributed by atoms with Gasteiger partial charge < -0.3 is 9.47 Å². The van der Waals surface area contributed by atoms with E-state index in [4.69, 9.17) is 4.74 Å². The van der Waals surface area contributed by atoms with Crippen molar-refractivity contribution in [2.24, 2.45) is 0 Å². The summed E-state index contributed by atoms with van der Waals surface area (Å²) >= 11 is 0. The first-order chi connectivity index (χ1) is 12.6. The lowest BCUT2D eigenvalue weighted by molar-refractivity contribution is -0.275. The van der Waals surface area contributed by atoms with Crippen LogP contribution in [0.1, 0.15) is 25.3 Å². The van der Waals surface area contributed by atoms with Gasteiger partial charge in [0.15, 0.2) is 0 Å². The van der Waals surface area contributed by atoms with Gasteiger partial charge in [-0.15, -0.1) is 13.2 Å². The molecule has 5 nitrogen and oxygen atoms in total. The number of benzene rings is 2. The summed E-state index contributed by atoms with van der Waals surface area (Å²) in [6.07, 6.45) is -4.99. The lowest BCUT2D eigenvalue weighted by atomic mass is 10.0. The molecule has 0 aliphatic carbocycles. The first kappa shape index (κ1) is 21.0. The maximum Gasteiger partial charge on any atom is 0.573 e. The zero-order valence-corrected chi connectivity index (χ0v) is 15.6. The smallest absolute Gasteiger partial charge is 0.492 e. The Bertz CT molecular complexity index is 867. The molecule has 0 radical (unpaired) electrons. The topological polar surface area (TPSA) is 64.6 Å². The van der Waals surface area contributed by atoms with Crippen LogP contribution < -0.4 is 14.2 Å². The van der Waals surface area contributed by atoms with Crippen LogP contribution in [0.2, 0.25) is 0 Å². The normalized spacial score (nSPS) is 12.2. The molecule has 0 atom stereocenters. The van der Waals surface area contributed by atoms with E-state index in [-0.39, 0.29) is 19.1 Å². The van der Waals surface area contributed by atoms with Crippen LogP contribution in [0.3, 0.4) is 0 Å². The van der Waals surface area contributed by atoms with Crippen molar-refractivity contribution >= 4 is 10.0 Å². The number of hydrogen-bond acceptors (Lipinski definition) is 4. The summed E-state index contributed by atoms with van der Waals surface area (Å²) < 4.78 is 73.6. The van der Waals surface area contributed by atoms with Crippen LogP contribution in [0, 0.1) is 0 Å². The molecule has 0 saturated carbocycles. The second-order valence-electron chi connectivity index (χ2n) is 5.93. The fourth-order valence-electron chi connectivity index (χ4n) is 2.38. The molecule has 27 heavy (non-hydrogen) atoms. The number of nitrogens with one attached hydrogen (secondary N) is 1. The maximum absolute atomic E-state index is 12.4. The Morgan fingerprint density at radius 1 is 1.00 bits per heavy atom. The quantitative estimate of drug-likeness (QED) is 0.675. The van der Waals surface area contributed by atoms with Crippen LogP contribution in [0.4, 0.5) is 13.2 Å². The van der Waals surface area contributed by atoms with E-state index in [1.807, 2.05) is 26.0 Å². The molecule has 2 aromatic rings. The van der Waals surface area contributed by atoms with E-state index >= 15 is 0 Å². The minimum Gasteiger partial charge on any atom is -0.492 e. The average Bonchev–Trinajstić information content (AvgIpc) is 2.58. The van der Waals surface area contributed by atoms with Crippen LogP contribution in [-0.4, -0.2) is 27.9 Å². The second-order valence-corrected chi connectivity index (χ2v) is 7.67. The molecule has 0 fully saturated rings. The zero-order chi connectivity index (χ0) is 20.1. The van der Waals surface area contributed by atoms with Gasteiger partial charge in [-0.05, 0) is 29.7 Å². The third-order valence-electron chi connectivity index (χ3n) is 3.56. The highest BCUT2D eigenvalue weighted by atomic mass is 32.2. The molecule has 0 aromatic heterocycles. The minimum absolute atomic E-state index is 0.0191. The summed E-state index contributed by atoms with van der Waals surface area (Å²) in [5.74, 6) is 0.0698. The van der Waals surface area contributed by atoms with Gasteiger partial charge in [-0.25, -0.2) is 13.1 Å². The summed E-state index contributed by atoms with van der Waals surface area (Å²) in [6, 6.07) is 11.9. The van der Waals surface area contributed by atoms with Gasteiger partial charge in [0.1, 0.15) is 23.0 Å². The summed E-state index contributed by atoms with van der Waals surface area (Å²) in [7, 11) is -4.20. The number of sulfonamides is 1. The van der Waals surface area contributed by atoms with Gasteiger partial charge in [0, 0.05) is 6.54 Å². The molecule has 0 spiro atoms. The summed E-state index contributed by atoms with van der Waals surface area (Å²) in [5.41, 5.74) is 0.976. The van der Waals surface area contributed by atoms with Crippen molar-refractivity contribution in [1.29, 1.82) is 0 Å². The largest absolute Gasteiger partial charge is 0.573 e. The number of rotatable bonds is 8. The molecule has 0 amide bonds. The number of alkyl halides is 3. The predicted molar refractivity (Wildman–Crippen MR) is 94.3 cm³/mol. The van der Waals surface area contributed by atoms with E-state index in [0.29, 0.717) is 5.75 Å². The van der Waals surface area contributed by atoms with Gasteiger partial charge in [-0.2, -0.15) is 0 Å². The Kier molecular flexibility index (Phi) is 6.72. The lowest BCUT2D eigenvalue weighted by Crippen LogP contribution is -2.29. The first-order valence-corrected chi connectivity index (χ1v) is 9.64. The Balaban J connectivity index is 2.02. The van der Waals surface area contributed by atoms with E-state index in [1.54, 1.807) is 12.1 Å². The number of hydrogen-bond donors (Lipinski definition) is 1. The third-order valence-corrected chi connectivity index (χ3v) is 5.06. The van der Waals surface area contributed by atoms with Crippen LogP contribution in [0.25, 0.3) is 0 Å². The van der Waals surface area contributed by atoms with E-state index in [1.165, 1.54) is 12.1 Å². The zero-order valence-electron chi connectivity index (χ0n) is 14.8. The number of para-hydroxylation sites is 2. The highest BCUT2D eigenvalue weighted by Crippen LogP contribution is 2.29. The molecule has 0 heterocycles. The van der Waals surface area contributed by atoms with Crippen LogP contribution in [0.15, 0.2) is 53.4 Å². The third kappa shape index (κ3) is 6.14. The van der Waals surface area contributed by atoms with Gasteiger partial charge in [0.2, 0.25) is 10.0 Å². The van der Waals surface area contributed by atoms with Crippen LogP contribution in [0.5, 0.6) is 11.5 Å². The molecule has 2 aromatic carbocycles. The summed E-state index contributed by atoms with van der Waals surface area (Å²) in [4.78, 5) is -0.593. The Morgan fingerprint density at radius 3 is 2.22 bits per heavy atom. The molecule has 0 aliphatic rings. The maximum atomic E-state index is 12.4. The van der Waals surface area contributed by atoms with Gasteiger partial charge in [-0.3, -0.25) is 0 Å². The van der Waals surface area contributed by atoms with Crippen molar-refractivity contribution in [1.82, 2.24) is 4.72 Å². The van der Waals surface area contributed by atoms with Crippen molar-refractivity contribution < 1.29 is 31.1 Å². The molecular weight excluding hydrogens is 383 g/mol. The molecule has 0 unspecified atom stereocenters. The van der Waals surface area contributed by atoms with Crippen molar-refractivity contribution in [3.63, 3.8) is 0 Å². The fraction of sp³-hybridized carbons (Fsp3) is 0.333. The highest BCUT2D eigenvalue weighted by Gasteiger charge is 2.33. The van der Waals surface area contributed by atoms with Crippen molar-refractivity contribution in [2.45, 2.75) is 31.0 Å². The molecule has 0 aliphatic heterocycles. The number of ether oxygens (including phenoxy) is 2. The predicted octanol–water partition coefficient (Wildman–Crippen LogP) is 4.07. The molecule has 0 saturated heterocycles. The average molecular weight is 403 g/mol. The fourth-order valence-corrected chi connectivity index (χ4v) is 3.52. The molecular formula is C18H20F3NO4S. The molecule has 0 bridgehead atoms. The molecule has 2 rings (SSSR count). The molecule has 148 valence electrons. The second kappa shape index (κ2) is 8.62. The minimum atomic E-state index is -4.99. The Morgan fingerprint density at radius 2 is 1.59 bits per heavy atom. The van der Waals surface area contributed by atoms with Crippen molar-refractivity contribution in [3.8, 4) is 11.5 Å². The van der Waals surface area contributed by atoms with Gasteiger partial charge >= 0.3 is 6.36 Å². The van der Waals surface area contributed by atoms with Crippen molar-refractivity contribution in [2.75, 3.05) is 13.2 Å². The van der Waals surface area contributed by atoms with Gasteiger partial charge in [0.05, 0.1) is 0 Å². The number of halogens is 3. The molecule has 1 N–H and O–H groups in total. The van der Waals surface area contributed by atoms with E-state index in [0.717, 1.165) is 17.7 Å². The first-order valence-electron chi connectivity index (χ1n) is 8.16. The standard InChI is InChI=1S/C18H20F3NO4S/c1-13(2)14-7-3-4-8-15(14)25-12-11-22-27(23,24)17-10-6-5-9-16(17)26-18(19,20)21/h3-10,13,22H,11-12H2,1-2H3. The van der Waals surface area contributed by atoms with E-state index in [2.05, 4.69) is 9.46 Å². The van der Waals surface area contributed by atoms with Crippen LogP contribution >= 0.6 is 0 Å². The Labute approximate surface area is 156 Å². The van der Waals surface area contributed by atoms with Crippen LogP contribution in [-0.2, 0) is 10.0 Å². The summed E-state index contributed by atoms with van der Waals surface area (Å²) in [6.45, 7) is 3.91. The van der Waals surface area contributed by atoms with E-state index < -0.39 is 27.0 Å². The highest BCUT2D eigenvalue weighted by molar-refractivity contribution is 7.89. The SMILES string of the molecule is CC(C)c1ccccc1OCCNS(=O)(=O)c1ccccc1OC(F)(F)F. The Hall–Kier alpha value is -2.26. The van der Waals surface area contributed by atoms with E-state index in [9.17, 15) is 21.6 Å². The monoisotopic (exact) mass is 403 g/mol. The van der Waals surface area contributed by atoms with Gasteiger partial charge in [0.25, 0.3) is 0 Å². The van der Waals surface area contributed by atoms with Gasteiger partial charge in [-0.1, -0.05) is 44.2 Å². The lowest BCUT2D eigenvalue weighted by Gasteiger charge is -2.15. The summed E-state index contributed by atoms with van der Waals surface area (Å²) in [5, 5.41) is 0.